The van der Waals surface area contributed by atoms with Gasteiger partial charge in [-0.25, -0.2) is 4.98 Å². The number of rotatable bonds is 6. The number of hydrogen-bond acceptors (Lipinski definition) is 6. The zero-order valence-electron chi connectivity index (χ0n) is 20.9. The van der Waals surface area contributed by atoms with Crippen LogP contribution in [0, 0.1) is 5.92 Å². The first-order valence-corrected chi connectivity index (χ1v) is 14.2. The highest BCUT2D eigenvalue weighted by molar-refractivity contribution is 7.99. The van der Waals surface area contributed by atoms with Gasteiger partial charge in [0.25, 0.3) is 5.56 Å². The molecule has 12 heteroatoms. The van der Waals surface area contributed by atoms with Gasteiger partial charge in [-0.2, -0.15) is 13.2 Å². The lowest BCUT2D eigenvalue weighted by Gasteiger charge is -2.18. The number of thioether (sulfide) groups is 1. The number of alkyl halides is 3. The van der Waals surface area contributed by atoms with Crippen LogP contribution in [0.1, 0.15) is 29.3 Å². The molecule has 204 valence electrons. The third-order valence-corrected chi connectivity index (χ3v) is 8.93. The quantitative estimate of drug-likeness (QED) is 0.193. The predicted octanol–water partition coefficient (Wildman–Crippen LogP) is 6.98. The monoisotopic (exact) mass is 593 g/mol. The number of ether oxygens (including phenoxy) is 1. The highest BCUT2D eigenvalue weighted by atomic mass is 35.5. The molecule has 0 saturated heterocycles. The summed E-state index contributed by atoms with van der Waals surface area (Å²) in [4.78, 5) is 33.2. The lowest BCUT2D eigenvalue weighted by molar-refractivity contribution is -0.137. The van der Waals surface area contributed by atoms with Crippen molar-refractivity contribution in [3.63, 3.8) is 0 Å². The fourth-order valence-corrected chi connectivity index (χ4v) is 7.04. The molecule has 2 aromatic carbocycles. The minimum absolute atomic E-state index is 0.0340. The molecule has 0 bridgehead atoms. The Balaban J connectivity index is 1.48. The van der Waals surface area contributed by atoms with Gasteiger partial charge in [0, 0.05) is 10.6 Å². The van der Waals surface area contributed by atoms with E-state index in [-0.39, 0.29) is 17.0 Å². The van der Waals surface area contributed by atoms with Gasteiger partial charge in [-0.3, -0.25) is 14.2 Å². The summed E-state index contributed by atoms with van der Waals surface area (Å²) in [5.74, 6) is 0.417. The number of carbonyl (C=O) groups is 1. The van der Waals surface area contributed by atoms with E-state index in [2.05, 4.69) is 12.2 Å². The summed E-state index contributed by atoms with van der Waals surface area (Å²) >= 11 is 8.22. The van der Waals surface area contributed by atoms with E-state index >= 15 is 0 Å². The second kappa shape index (κ2) is 10.9. The Labute approximate surface area is 235 Å². The summed E-state index contributed by atoms with van der Waals surface area (Å²) in [5.41, 5.74) is 0.326. The first-order valence-electron chi connectivity index (χ1n) is 12.1. The summed E-state index contributed by atoms with van der Waals surface area (Å²) in [7, 11) is 1.55. The molecule has 6 nitrogen and oxygen atoms in total. The molecule has 0 spiro atoms. The van der Waals surface area contributed by atoms with E-state index in [1.54, 1.807) is 31.4 Å². The molecule has 0 fully saturated rings. The Kier molecular flexibility index (Phi) is 7.67. The van der Waals surface area contributed by atoms with E-state index < -0.39 is 22.7 Å². The number of aromatic nitrogens is 2. The largest absolute Gasteiger partial charge is 0.497 e. The Hall–Kier alpha value is -3.02. The highest BCUT2D eigenvalue weighted by Gasteiger charge is 2.33. The number of halogens is 4. The first kappa shape index (κ1) is 27.5. The average Bonchev–Trinajstić information content (AvgIpc) is 3.25. The summed E-state index contributed by atoms with van der Waals surface area (Å²) in [6, 6.07) is 10.1. The summed E-state index contributed by atoms with van der Waals surface area (Å²) in [6.45, 7) is 2.19. The van der Waals surface area contributed by atoms with Gasteiger partial charge >= 0.3 is 6.18 Å². The molecular formula is C27H23ClF3N3O3S2. The third-order valence-electron chi connectivity index (χ3n) is 6.52. The van der Waals surface area contributed by atoms with Crippen LogP contribution >= 0.6 is 34.7 Å². The minimum Gasteiger partial charge on any atom is -0.497 e. The number of thiophene rings is 1. The molecule has 1 unspecified atom stereocenters. The topological polar surface area (TPSA) is 73.2 Å². The molecule has 1 atom stereocenters. The van der Waals surface area contributed by atoms with Crippen LogP contribution in [-0.2, 0) is 23.8 Å². The van der Waals surface area contributed by atoms with Gasteiger partial charge < -0.3 is 10.1 Å². The van der Waals surface area contributed by atoms with Crippen LogP contribution in [0.3, 0.4) is 0 Å². The van der Waals surface area contributed by atoms with Crippen LogP contribution in [0.5, 0.6) is 5.75 Å². The van der Waals surface area contributed by atoms with Crippen LogP contribution in [0.25, 0.3) is 15.9 Å². The van der Waals surface area contributed by atoms with Crippen molar-refractivity contribution in [1.29, 1.82) is 0 Å². The number of methoxy groups -OCH3 is 1. The molecule has 0 aliphatic heterocycles. The van der Waals surface area contributed by atoms with Crippen molar-refractivity contribution in [1.82, 2.24) is 9.55 Å². The molecule has 5 rings (SSSR count). The Morgan fingerprint density at radius 1 is 1.26 bits per heavy atom. The smallest absolute Gasteiger partial charge is 0.417 e. The van der Waals surface area contributed by atoms with E-state index in [9.17, 15) is 22.8 Å². The van der Waals surface area contributed by atoms with E-state index in [0.29, 0.717) is 32.7 Å². The van der Waals surface area contributed by atoms with Gasteiger partial charge in [-0.15, -0.1) is 11.3 Å². The van der Waals surface area contributed by atoms with Gasteiger partial charge in [0.15, 0.2) is 5.16 Å². The Morgan fingerprint density at radius 3 is 2.69 bits per heavy atom. The minimum atomic E-state index is -4.65. The van der Waals surface area contributed by atoms with Crippen molar-refractivity contribution in [3.05, 3.63) is 73.8 Å². The van der Waals surface area contributed by atoms with Crippen LogP contribution in [0.4, 0.5) is 18.9 Å². The molecule has 1 amide bonds. The second-order valence-corrected chi connectivity index (χ2v) is 11.7. The van der Waals surface area contributed by atoms with Crippen LogP contribution in [0.2, 0.25) is 5.02 Å². The Morgan fingerprint density at radius 2 is 2.00 bits per heavy atom. The lowest BCUT2D eigenvalue weighted by atomic mass is 9.89. The van der Waals surface area contributed by atoms with E-state index in [4.69, 9.17) is 21.3 Å². The summed E-state index contributed by atoms with van der Waals surface area (Å²) in [6.07, 6.45) is -1.95. The summed E-state index contributed by atoms with van der Waals surface area (Å²) in [5, 5.41) is 2.94. The molecule has 2 heterocycles. The van der Waals surface area contributed by atoms with Gasteiger partial charge in [0.1, 0.15) is 10.6 Å². The molecule has 1 aliphatic carbocycles. The molecule has 4 aromatic rings. The molecule has 0 radical (unpaired) electrons. The number of amides is 1. The van der Waals surface area contributed by atoms with Crippen LogP contribution in [-0.4, -0.2) is 28.3 Å². The number of nitrogens with one attached hydrogen (secondary N) is 1. The molecule has 0 saturated carbocycles. The molecule has 1 aliphatic rings. The maximum Gasteiger partial charge on any atom is 0.417 e. The van der Waals surface area contributed by atoms with Gasteiger partial charge in [0.2, 0.25) is 5.91 Å². The van der Waals surface area contributed by atoms with E-state index in [0.717, 1.165) is 53.6 Å². The van der Waals surface area contributed by atoms with Crippen molar-refractivity contribution >= 4 is 56.5 Å². The van der Waals surface area contributed by atoms with E-state index in [1.807, 2.05) is 0 Å². The number of benzene rings is 2. The fraction of sp³-hybridized carbons (Fsp3) is 0.296. The van der Waals surface area contributed by atoms with Gasteiger partial charge in [-0.05, 0) is 73.2 Å². The number of nitrogens with zero attached hydrogens (tertiary/aromatic N) is 2. The van der Waals surface area contributed by atoms with Crippen molar-refractivity contribution in [2.24, 2.45) is 5.92 Å². The number of hydrogen-bond donors (Lipinski definition) is 1. The molecule has 2 aromatic heterocycles. The summed E-state index contributed by atoms with van der Waals surface area (Å²) < 4.78 is 46.4. The highest BCUT2D eigenvalue weighted by Crippen LogP contribution is 2.38. The van der Waals surface area contributed by atoms with Gasteiger partial charge in [-0.1, -0.05) is 30.3 Å². The number of carbonyl (C=O) groups excluding carboxylic acids is 1. The number of aryl methyl sites for hydroxylation is 1. The normalized spacial score (nSPS) is 15.3. The fourth-order valence-electron chi connectivity index (χ4n) is 4.57. The third kappa shape index (κ3) is 5.66. The first-order chi connectivity index (χ1) is 18.5. The van der Waals surface area contributed by atoms with Crippen molar-refractivity contribution in [2.45, 2.75) is 37.5 Å². The standard InChI is InChI=1S/C27H23ClF3N3O3S2/c1-14-3-9-18-21(11-14)39-24-23(18)25(36)34(16-5-7-17(37-2)8-6-16)26(33-24)38-13-22(35)32-15-4-10-20(28)19(12-15)27(29,30)31/h4-8,10,12,14H,3,9,11,13H2,1-2H3,(H,32,35). The predicted molar refractivity (Wildman–Crippen MR) is 149 cm³/mol. The van der Waals surface area contributed by atoms with Crippen LogP contribution < -0.4 is 15.6 Å². The van der Waals surface area contributed by atoms with E-state index in [1.165, 1.54) is 22.0 Å². The number of anilines is 1. The molecule has 1 N–H and O–H groups in total. The van der Waals surface area contributed by atoms with Crippen molar-refractivity contribution < 1.29 is 22.7 Å². The zero-order chi connectivity index (χ0) is 27.9. The number of fused-ring (bicyclic) bond motifs is 3. The molecule has 39 heavy (non-hydrogen) atoms. The SMILES string of the molecule is COc1ccc(-n2c(SCC(=O)Nc3ccc(Cl)c(C(F)(F)F)c3)nc3sc4c(c3c2=O)CCC(C)C4)cc1. The molecular weight excluding hydrogens is 571 g/mol. The van der Waals surface area contributed by atoms with Gasteiger partial charge in [0.05, 0.1) is 34.5 Å². The maximum atomic E-state index is 13.9. The average molecular weight is 594 g/mol. The zero-order valence-corrected chi connectivity index (χ0v) is 23.3. The van der Waals surface area contributed by atoms with Crippen LogP contribution in [0.15, 0.2) is 52.4 Å². The Bertz CT molecular complexity index is 1620. The van der Waals surface area contributed by atoms with Crippen molar-refractivity contribution in [3.8, 4) is 11.4 Å². The lowest BCUT2D eigenvalue weighted by Crippen LogP contribution is -2.23. The second-order valence-electron chi connectivity index (χ2n) is 9.29. The maximum absolute atomic E-state index is 13.9. The van der Waals surface area contributed by atoms with Crippen molar-refractivity contribution in [2.75, 3.05) is 18.2 Å².